The zero-order valence-corrected chi connectivity index (χ0v) is 11.4. The van der Waals surface area contributed by atoms with Crippen molar-refractivity contribution >= 4 is 0 Å². The van der Waals surface area contributed by atoms with Crippen molar-refractivity contribution in [3.63, 3.8) is 0 Å². The predicted octanol–water partition coefficient (Wildman–Crippen LogP) is 2.52. The van der Waals surface area contributed by atoms with Gasteiger partial charge in [0.25, 0.3) is 0 Å². The van der Waals surface area contributed by atoms with Crippen molar-refractivity contribution in [2.24, 2.45) is 0 Å². The van der Waals surface area contributed by atoms with Crippen LogP contribution in [-0.4, -0.2) is 16.6 Å². The lowest BCUT2D eigenvalue weighted by Crippen LogP contribution is -2.21. The largest absolute Gasteiger partial charge is 0.387 e. The summed E-state index contributed by atoms with van der Waals surface area (Å²) in [6.07, 6.45) is 2.90. The Balaban J connectivity index is 1.86. The highest BCUT2D eigenvalue weighted by atomic mass is 16.3. The molecule has 1 unspecified atom stereocenters. The van der Waals surface area contributed by atoms with E-state index >= 15 is 0 Å². The van der Waals surface area contributed by atoms with E-state index in [9.17, 15) is 5.11 Å². The Morgan fingerprint density at radius 2 is 1.89 bits per heavy atom. The highest BCUT2D eigenvalue weighted by Gasteiger charge is 2.06. The van der Waals surface area contributed by atoms with Gasteiger partial charge < -0.3 is 10.4 Å². The van der Waals surface area contributed by atoms with E-state index in [1.54, 1.807) is 12.4 Å². The molecule has 0 aliphatic rings. The summed E-state index contributed by atoms with van der Waals surface area (Å²) in [7, 11) is 0. The molecule has 0 bridgehead atoms. The fourth-order valence-electron chi connectivity index (χ4n) is 2.09. The number of benzene rings is 1. The zero-order chi connectivity index (χ0) is 13.7. The second kappa shape index (κ2) is 6.45. The van der Waals surface area contributed by atoms with E-state index in [2.05, 4.69) is 42.3 Å². The molecule has 1 aromatic carbocycles. The van der Waals surface area contributed by atoms with Gasteiger partial charge in [-0.1, -0.05) is 23.8 Å². The van der Waals surface area contributed by atoms with Gasteiger partial charge in [0, 0.05) is 25.5 Å². The number of hydrogen-bond acceptors (Lipinski definition) is 3. The van der Waals surface area contributed by atoms with Gasteiger partial charge in [0.1, 0.15) is 0 Å². The van der Waals surface area contributed by atoms with E-state index in [1.807, 2.05) is 12.1 Å². The molecule has 3 heteroatoms. The standard InChI is InChI=1S/C16H20N2O/c1-12-3-4-15(13(2)9-12)10-18-11-16(19)14-5-7-17-8-6-14/h3-9,16,18-19H,10-11H2,1-2H3. The number of aliphatic hydroxyl groups is 1. The Hall–Kier alpha value is -1.71. The molecule has 19 heavy (non-hydrogen) atoms. The smallest absolute Gasteiger partial charge is 0.0915 e. The number of aliphatic hydroxyl groups excluding tert-OH is 1. The maximum atomic E-state index is 10.0. The first-order chi connectivity index (χ1) is 9.16. The van der Waals surface area contributed by atoms with Gasteiger partial charge in [0.2, 0.25) is 0 Å². The van der Waals surface area contributed by atoms with Gasteiger partial charge in [-0.25, -0.2) is 0 Å². The van der Waals surface area contributed by atoms with Crippen molar-refractivity contribution in [1.29, 1.82) is 0 Å². The van der Waals surface area contributed by atoms with Gasteiger partial charge in [0.15, 0.2) is 0 Å². The lowest BCUT2D eigenvalue weighted by atomic mass is 10.1. The molecule has 0 spiro atoms. The van der Waals surface area contributed by atoms with Crippen LogP contribution >= 0.6 is 0 Å². The zero-order valence-electron chi connectivity index (χ0n) is 11.4. The van der Waals surface area contributed by atoms with Gasteiger partial charge in [-0.05, 0) is 42.7 Å². The number of pyridine rings is 1. The van der Waals surface area contributed by atoms with Crippen LogP contribution < -0.4 is 5.32 Å². The van der Waals surface area contributed by atoms with Crippen molar-refractivity contribution in [1.82, 2.24) is 10.3 Å². The third-order valence-corrected chi connectivity index (χ3v) is 3.24. The van der Waals surface area contributed by atoms with Crippen LogP contribution in [0.15, 0.2) is 42.7 Å². The number of aromatic nitrogens is 1. The average molecular weight is 256 g/mol. The molecule has 0 saturated carbocycles. The second-order valence-corrected chi connectivity index (χ2v) is 4.86. The minimum Gasteiger partial charge on any atom is -0.387 e. The summed E-state index contributed by atoms with van der Waals surface area (Å²) in [6, 6.07) is 10.1. The lowest BCUT2D eigenvalue weighted by Gasteiger charge is -2.13. The SMILES string of the molecule is Cc1ccc(CNCC(O)c2ccncc2)c(C)c1. The summed E-state index contributed by atoms with van der Waals surface area (Å²) in [5.41, 5.74) is 4.72. The Labute approximate surface area is 114 Å². The van der Waals surface area contributed by atoms with E-state index in [0.29, 0.717) is 6.54 Å². The molecule has 2 aromatic rings. The molecule has 0 aliphatic heterocycles. The molecule has 0 fully saturated rings. The minimum absolute atomic E-state index is 0.492. The van der Waals surface area contributed by atoms with Crippen LogP contribution in [0.25, 0.3) is 0 Å². The molecule has 2 N–H and O–H groups in total. The fraction of sp³-hybridized carbons (Fsp3) is 0.312. The quantitative estimate of drug-likeness (QED) is 0.864. The number of aryl methyl sites for hydroxylation is 2. The molecule has 0 radical (unpaired) electrons. The molecule has 1 aromatic heterocycles. The molecule has 0 saturated heterocycles. The second-order valence-electron chi connectivity index (χ2n) is 4.86. The molecular formula is C16H20N2O. The minimum atomic E-state index is -0.492. The summed E-state index contributed by atoms with van der Waals surface area (Å²) in [5.74, 6) is 0. The summed E-state index contributed by atoms with van der Waals surface area (Å²) >= 11 is 0. The van der Waals surface area contributed by atoms with Crippen LogP contribution in [-0.2, 0) is 6.54 Å². The van der Waals surface area contributed by atoms with Crippen molar-refractivity contribution in [2.75, 3.05) is 6.54 Å². The maximum Gasteiger partial charge on any atom is 0.0915 e. The summed E-state index contributed by atoms with van der Waals surface area (Å²) in [6.45, 7) is 5.52. The van der Waals surface area contributed by atoms with Crippen LogP contribution in [0.5, 0.6) is 0 Å². The maximum absolute atomic E-state index is 10.0. The third-order valence-electron chi connectivity index (χ3n) is 3.24. The monoisotopic (exact) mass is 256 g/mol. The topological polar surface area (TPSA) is 45.1 Å². The molecule has 2 rings (SSSR count). The first-order valence-electron chi connectivity index (χ1n) is 6.51. The molecule has 0 amide bonds. The lowest BCUT2D eigenvalue weighted by molar-refractivity contribution is 0.174. The van der Waals surface area contributed by atoms with Crippen LogP contribution in [0, 0.1) is 13.8 Å². The Morgan fingerprint density at radius 3 is 2.58 bits per heavy atom. The van der Waals surface area contributed by atoms with E-state index in [4.69, 9.17) is 0 Å². The van der Waals surface area contributed by atoms with Crippen LogP contribution in [0.1, 0.15) is 28.4 Å². The van der Waals surface area contributed by atoms with Crippen molar-refractivity contribution < 1.29 is 5.11 Å². The van der Waals surface area contributed by atoms with Crippen molar-refractivity contribution in [3.8, 4) is 0 Å². The number of hydrogen-bond donors (Lipinski definition) is 2. The van der Waals surface area contributed by atoms with E-state index < -0.39 is 6.10 Å². The summed E-state index contributed by atoms with van der Waals surface area (Å²) in [5, 5.41) is 13.3. The molecule has 1 heterocycles. The molecule has 0 aliphatic carbocycles. The Bertz CT molecular complexity index is 526. The normalized spacial score (nSPS) is 12.4. The molecule has 3 nitrogen and oxygen atoms in total. The van der Waals surface area contributed by atoms with Crippen molar-refractivity contribution in [2.45, 2.75) is 26.5 Å². The number of nitrogens with one attached hydrogen (secondary N) is 1. The predicted molar refractivity (Wildman–Crippen MR) is 76.8 cm³/mol. The highest BCUT2D eigenvalue weighted by molar-refractivity contribution is 5.30. The first kappa shape index (κ1) is 13.7. The number of nitrogens with zero attached hydrogens (tertiary/aromatic N) is 1. The van der Waals surface area contributed by atoms with E-state index in [0.717, 1.165) is 12.1 Å². The van der Waals surface area contributed by atoms with Crippen LogP contribution in [0.2, 0.25) is 0 Å². The van der Waals surface area contributed by atoms with Gasteiger partial charge >= 0.3 is 0 Å². The Kier molecular flexibility index (Phi) is 4.66. The van der Waals surface area contributed by atoms with E-state index in [-0.39, 0.29) is 0 Å². The highest BCUT2D eigenvalue weighted by Crippen LogP contribution is 2.12. The van der Waals surface area contributed by atoms with Crippen molar-refractivity contribution in [3.05, 3.63) is 65.0 Å². The van der Waals surface area contributed by atoms with Gasteiger partial charge in [-0.3, -0.25) is 4.98 Å². The first-order valence-corrected chi connectivity index (χ1v) is 6.51. The average Bonchev–Trinajstić information content (AvgIpc) is 2.42. The van der Waals surface area contributed by atoms with E-state index in [1.165, 1.54) is 16.7 Å². The van der Waals surface area contributed by atoms with Crippen LogP contribution in [0.3, 0.4) is 0 Å². The fourth-order valence-corrected chi connectivity index (χ4v) is 2.09. The Morgan fingerprint density at radius 1 is 1.16 bits per heavy atom. The van der Waals surface area contributed by atoms with Gasteiger partial charge in [0.05, 0.1) is 6.10 Å². The molecular weight excluding hydrogens is 236 g/mol. The molecule has 100 valence electrons. The molecule has 1 atom stereocenters. The van der Waals surface area contributed by atoms with Gasteiger partial charge in [-0.2, -0.15) is 0 Å². The number of rotatable bonds is 5. The van der Waals surface area contributed by atoms with Crippen LogP contribution in [0.4, 0.5) is 0 Å². The summed E-state index contributed by atoms with van der Waals surface area (Å²) in [4.78, 5) is 3.94. The third kappa shape index (κ3) is 3.88. The van der Waals surface area contributed by atoms with Gasteiger partial charge in [-0.15, -0.1) is 0 Å². The summed E-state index contributed by atoms with van der Waals surface area (Å²) < 4.78 is 0.